The van der Waals surface area contributed by atoms with Gasteiger partial charge in [0, 0.05) is 11.4 Å². The Morgan fingerprint density at radius 3 is 2.56 bits per heavy atom. The monoisotopic (exact) mass is 245 g/mol. The molecule has 90 valence electrons. The quantitative estimate of drug-likeness (QED) is 0.575. The summed E-state index contributed by atoms with van der Waals surface area (Å²) in [6.07, 6.45) is 0. The Balaban J connectivity index is 2.63. The highest BCUT2D eigenvalue weighted by atomic mass is 32.1. The van der Waals surface area contributed by atoms with Crippen molar-refractivity contribution in [1.82, 2.24) is 5.32 Å². The van der Waals surface area contributed by atoms with Gasteiger partial charge >= 0.3 is 5.97 Å². The van der Waals surface area contributed by atoms with Crippen LogP contribution < -0.4 is 5.32 Å². The molecule has 0 aliphatic carbocycles. The summed E-state index contributed by atoms with van der Waals surface area (Å²) in [4.78, 5) is 12.0. The van der Waals surface area contributed by atoms with E-state index in [1.165, 1.54) is 11.3 Å². The van der Waals surface area contributed by atoms with Crippen molar-refractivity contribution >= 4 is 17.3 Å². The minimum Gasteiger partial charge on any atom is -0.477 e. The number of carboxylic acid groups (broad SMARTS) is 1. The minimum atomic E-state index is -0.930. The van der Waals surface area contributed by atoms with Crippen molar-refractivity contribution in [3.05, 3.63) is 21.4 Å². The predicted molar refractivity (Wildman–Crippen MR) is 60.8 cm³/mol. The first-order valence-electron chi connectivity index (χ1n) is 4.86. The molecule has 5 nitrogen and oxygen atoms in total. The number of carboxylic acids is 1. The lowest BCUT2D eigenvalue weighted by atomic mass is 10.2. The molecule has 0 amide bonds. The van der Waals surface area contributed by atoms with Crippen molar-refractivity contribution in [2.24, 2.45) is 0 Å². The van der Waals surface area contributed by atoms with Crippen molar-refractivity contribution in [3.8, 4) is 0 Å². The Morgan fingerprint density at radius 1 is 1.50 bits per heavy atom. The zero-order chi connectivity index (χ0) is 12.1. The fourth-order valence-electron chi connectivity index (χ4n) is 1.24. The summed E-state index contributed by atoms with van der Waals surface area (Å²) in [5, 5.41) is 29.5. The molecule has 4 N–H and O–H groups in total. The molecule has 0 radical (unpaired) electrons. The van der Waals surface area contributed by atoms with Gasteiger partial charge in [-0.1, -0.05) is 0 Å². The van der Waals surface area contributed by atoms with Crippen LogP contribution in [0.25, 0.3) is 0 Å². The first kappa shape index (κ1) is 13.1. The second-order valence-electron chi connectivity index (χ2n) is 3.44. The maximum atomic E-state index is 10.7. The van der Waals surface area contributed by atoms with Crippen molar-refractivity contribution in [1.29, 1.82) is 0 Å². The molecule has 1 aromatic heterocycles. The Morgan fingerprint density at radius 2 is 2.12 bits per heavy atom. The van der Waals surface area contributed by atoms with Gasteiger partial charge in [0.15, 0.2) is 0 Å². The van der Waals surface area contributed by atoms with E-state index in [4.69, 9.17) is 15.3 Å². The Bertz CT molecular complexity index is 360. The van der Waals surface area contributed by atoms with Gasteiger partial charge in [0.2, 0.25) is 0 Å². The number of thiophene rings is 1. The lowest BCUT2D eigenvalue weighted by Crippen LogP contribution is -2.35. The lowest BCUT2D eigenvalue weighted by Gasteiger charge is -2.12. The van der Waals surface area contributed by atoms with Crippen molar-refractivity contribution in [2.75, 3.05) is 13.2 Å². The van der Waals surface area contributed by atoms with Gasteiger partial charge in [0.05, 0.1) is 19.3 Å². The molecule has 1 rings (SSSR count). The van der Waals surface area contributed by atoms with Gasteiger partial charge in [-0.3, -0.25) is 0 Å². The molecule has 6 heteroatoms. The minimum absolute atomic E-state index is 0.147. The average molecular weight is 245 g/mol. The third-order valence-electron chi connectivity index (χ3n) is 2.25. The summed E-state index contributed by atoms with van der Waals surface area (Å²) >= 11 is 1.22. The number of aliphatic hydroxyl groups excluding tert-OH is 2. The van der Waals surface area contributed by atoms with Gasteiger partial charge in [-0.15, -0.1) is 11.3 Å². The second-order valence-corrected chi connectivity index (χ2v) is 4.70. The van der Waals surface area contributed by atoms with Gasteiger partial charge in [0.1, 0.15) is 4.88 Å². The van der Waals surface area contributed by atoms with Crippen LogP contribution in [0.5, 0.6) is 0 Å². The van der Waals surface area contributed by atoms with E-state index >= 15 is 0 Å². The maximum Gasteiger partial charge on any atom is 0.345 e. The molecule has 0 atom stereocenters. The second kappa shape index (κ2) is 5.95. The Kier molecular flexibility index (Phi) is 4.88. The molecule has 0 fully saturated rings. The standard InChI is InChI=1S/C10H15NO4S/c1-6-7(2-9(16-6)10(14)15)3-11-8(4-12)5-13/h2,8,11-13H,3-5H2,1H3,(H,14,15). The number of hydrogen-bond acceptors (Lipinski definition) is 5. The van der Waals surface area contributed by atoms with Gasteiger partial charge in [-0.05, 0) is 18.6 Å². The highest BCUT2D eigenvalue weighted by Gasteiger charge is 2.12. The number of rotatable bonds is 6. The number of carbonyl (C=O) groups is 1. The van der Waals surface area contributed by atoms with E-state index in [0.717, 1.165) is 10.4 Å². The van der Waals surface area contributed by atoms with Gasteiger partial charge in [-0.2, -0.15) is 0 Å². The van der Waals surface area contributed by atoms with E-state index in [-0.39, 0.29) is 19.3 Å². The van der Waals surface area contributed by atoms with Gasteiger partial charge in [-0.25, -0.2) is 4.79 Å². The Labute approximate surface area is 97.4 Å². The number of nitrogens with one attached hydrogen (secondary N) is 1. The summed E-state index contributed by atoms with van der Waals surface area (Å²) in [5.74, 6) is -0.930. The van der Waals surface area contributed by atoms with Crippen LogP contribution in [-0.4, -0.2) is 40.5 Å². The van der Waals surface area contributed by atoms with Crippen molar-refractivity contribution < 1.29 is 20.1 Å². The molecule has 16 heavy (non-hydrogen) atoms. The predicted octanol–water partition coefficient (Wildman–Crippen LogP) is 0.198. The van der Waals surface area contributed by atoms with Crippen LogP contribution >= 0.6 is 11.3 Å². The van der Waals surface area contributed by atoms with Crippen LogP contribution in [0.3, 0.4) is 0 Å². The summed E-state index contributed by atoms with van der Waals surface area (Å²) in [7, 11) is 0. The lowest BCUT2D eigenvalue weighted by molar-refractivity contribution is 0.0702. The topological polar surface area (TPSA) is 89.8 Å². The Hall–Kier alpha value is -0.950. The first-order valence-corrected chi connectivity index (χ1v) is 5.67. The van der Waals surface area contributed by atoms with Crippen LogP contribution in [0.2, 0.25) is 0 Å². The smallest absolute Gasteiger partial charge is 0.345 e. The van der Waals surface area contributed by atoms with E-state index in [2.05, 4.69) is 5.32 Å². The fourth-order valence-corrected chi connectivity index (χ4v) is 2.12. The van der Waals surface area contributed by atoms with E-state index in [9.17, 15) is 4.79 Å². The number of hydrogen-bond donors (Lipinski definition) is 4. The molecule has 0 spiro atoms. The van der Waals surface area contributed by atoms with Crippen LogP contribution in [0.4, 0.5) is 0 Å². The van der Waals surface area contributed by atoms with Gasteiger partial charge < -0.3 is 20.6 Å². The number of aromatic carboxylic acids is 1. The molecule has 0 unspecified atom stereocenters. The summed E-state index contributed by atoms with van der Waals surface area (Å²) in [5.41, 5.74) is 0.884. The van der Waals surface area contributed by atoms with E-state index < -0.39 is 5.97 Å². The largest absolute Gasteiger partial charge is 0.477 e. The van der Waals surface area contributed by atoms with E-state index in [0.29, 0.717) is 11.4 Å². The molecule has 0 aliphatic heterocycles. The molecule has 0 saturated carbocycles. The fraction of sp³-hybridized carbons (Fsp3) is 0.500. The molecular weight excluding hydrogens is 230 g/mol. The molecular formula is C10H15NO4S. The maximum absolute atomic E-state index is 10.7. The highest BCUT2D eigenvalue weighted by molar-refractivity contribution is 7.14. The SMILES string of the molecule is Cc1sc(C(=O)O)cc1CNC(CO)CO. The van der Waals surface area contributed by atoms with Crippen LogP contribution in [0.15, 0.2) is 6.07 Å². The van der Waals surface area contributed by atoms with E-state index in [1.54, 1.807) is 6.07 Å². The van der Waals surface area contributed by atoms with Crippen LogP contribution in [-0.2, 0) is 6.54 Å². The molecule has 1 heterocycles. The normalized spacial score (nSPS) is 11.0. The zero-order valence-corrected chi connectivity index (χ0v) is 9.75. The van der Waals surface area contributed by atoms with Gasteiger partial charge in [0.25, 0.3) is 0 Å². The summed E-state index contributed by atoms with van der Waals surface area (Å²) < 4.78 is 0. The first-order chi connectivity index (χ1) is 7.58. The molecule has 0 aromatic carbocycles. The third-order valence-corrected chi connectivity index (χ3v) is 3.33. The van der Waals surface area contributed by atoms with Crippen LogP contribution in [0, 0.1) is 6.92 Å². The molecule has 0 bridgehead atoms. The number of aryl methyl sites for hydroxylation is 1. The van der Waals surface area contributed by atoms with E-state index in [1.807, 2.05) is 6.92 Å². The van der Waals surface area contributed by atoms with Crippen LogP contribution in [0.1, 0.15) is 20.1 Å². The highest BCUT2D eigenvalue weighted by Crippen LogP contribution is 2.21. The zero-order valence-electron chi connectivity index (χ0n) is 8.93. The third kappa shape index (κ3) is 3.28. The summed E-state index contributed by atoms with van der Waals surface area (Å²) in [6, 6.07) is 1.24. The summed E-state index contributed by atoms with van der Waals surface area (Å²) in [6.45, 7) is 2.00. The molecule has 0 saturated heterocycles. The van der Waals surface area contributed by atoms with Crippen molar-refractivity contribution in [3.63, 3.8) is 0 Å². The molecule has 1 aromatic rings. The average Bonchev–Trinajstić information content (AvgIpc) is 2.62. The van der Waals surface area contributed by atoms with Crippen molar-refractivity contribution in [2.45, 2.75) is 19.5 Å². The number of aliphatic hydroxyl groups is 2. The molecule has 0 aliphatic rings.